The van der Waals surface area contributed by atoms with Crippen molar-refractivity contribution in [2.24, 2.45) is 7.05 Å². The first-order valence-electron chi connectivity index (χ1n) is 6.76. The van der Waals surface area contributed by atoms with E-state index in [9.17, 15) is 22.8 Å². The highest BCUT2D eigenvalue weighted by atomic mass is 19.4. The van der Waals surface area contributed by atoms with Gasteiger partial charge in [-0.15, -0.1) is 0 Å². The molecule has 24 heavy (non-hydrogen) atoms. The zero-order valence-corrected chi connectivity index (χ0v) is 12.7. The van der Waals surface area contributed by atoms with Gasteiger partial charge in [0.1, 0.15) is 11.3 Å². The molecule has 0 aromatic carbocycles. The van der Waals surface area contributed by atoms with Gasteiger partial charge in [-0.1, -0.05) is 0 Å². The third kappa shape index (κ3) is 3.73. The third-order valence-corrected chi connectivity index (χ3v) is 3.15. The van der Waals surface area contributed by atoms with Gasteiger partial charge in [-0.05, 0) is 13.0 Å². The maximum Gasteiger partial charge on any atom is 0.435 e. The first kappa shape index (κ1) is 17.5. The summed E-state index contributed by atoms with van der Waals surface area (Å²) in [4.78, 5) is 23.2. The molecule has 8 nitrogen and oxygen atoms in total. The van der Waals surface area contributed by atoms with E-state index in [0.717, 1.165) is 27.8 Å². The van der Waals surface area contributed by atoms with Crippen LogP contribution in [-0.2, 0) is 19.8 Å². The Kier molecular flexibility index (Phi) is 4.62. The van der Waals surface area contributed by atoms with Crippen molar-refractivity contribution < 1.29 is 27.9 Å². The van der Waals surface area contributed by atoms with Crippen LogP contribution in [0.4, 0.5) is 13.2 Å². The Balaban J connectivity index is 2.06. The molecule has 11 heteroatoms. The fourth-order valence-electron chi connectivity index (χ4n) is 2.10. The quantitative estimate of drug-likeness (QED) is 0.846. The number of carboxylic acids is 1. The lowest BCUT2D eigenvalue weighted by Gasteiger charge is -2.14. The SMILES string of the molecule is CC(Cn1ccc(C(F)(F)F)n1)NC(=O)c1c(C(=O)O)cnn1C. The molecule has 0 aliphatic rings. The highest BCUT2D eigenvalue weighted by Crippen LogP contribution is 2.27. The summed E-state index contributed by atoms with van der Waals surface area (Å²) in [6, 6.07) is 0.244. The van der Waals surface area contributed by atoms with Crippen molar-refractivity contribution in [2.75, 3.05) is 0 Å². The predicted molar refractivity (Wildman–Crippen MR) is 74.3 cm³/mol. The van der Waals surface area contributed by atoms with Gasteiger partial charge in [-0.2, -0.15) is 23.4 Å². The van der Waals surface area contributed by atoms with Crippen LogP contribution in [0, 0.1) is 0 Å². The van der Waals surface area contributed by atoms with Crippen molar-refractivity contribution in [3.63, 3.8) is 0 Å². The molecule has 0 fully saturated rings. The molecule has 0 aliphatic carbocycles. The number of aromatic carboxylic acids is 1. The second-order valence-corrected chi connectivity index (χ2v) is 5.13. The fourth-order valence-corrected chi connectivity index (χ4v) is 2.10. The number of alkyl halides is 3. The summed E-state index contributed by atoms with van der Waals surface area (Å²) >= 11 is 0. The summed E-state index contributed by atoms with van der Waals surface area (Å²) < 4.78 is 39.6. The van der Waals surface area contributed by atoms with E-state index in [1.165, 1.54) is 7.05 Å². The molecule has 0 radical (unpaired) electrons. The van der Waals surface area contributed by atoms with Crippen molar-refractivity contribution in [1.29, 1.82) is 0 Å². The number of aryl methyl sites for hydroxylation is 1. The Morgan fingerprint density at radius 1 is 1.42 bits per heavy atom. The van der Waals surface area contributed by atoms with Crippen molar-refractivity contribution in [3.8, 4) is 0 Å². The highest BCUT2D eigenvalue weighted by molar-refractivity contribution is 6.03. The second-order valence-electron chi connectivity index (χ2n) is 5.13. The monoisotopic (exact) mass is 345 g/mol. The summed E-state index contributed by atoms with van der Waals surface area (Å²) in [5, 5.41) is 18.6. The van der Waals surface area contributed by atoms with Crippen LogP contribution in [-0.4, -0.2) is 42.6 Å². The van der Waals surface area contributed by atoms with Crippen LogP contribution in [0.1, 0.15) is 33.5 Å². The number of hydrogen-bond acceptors (Lipinski definition) is 4. The van der Waals surface area contributed by atoms with Gasteiger partial charge >= 0.3 is 12.1 Å². The lowest BCUT2D eigenvalue weighted by atomic mass is 10.2. The lowest BCUT2D eigenvalue weighted by Crippen LogP contribution is -2.37. The van der Waals surface area contributed by atoms with Crippen LogP contribution < -0.4 is 5.32 Å². The van der Waals surface area contributed by atoms with Crippen LogP contribution in [0.3, 0.4) is 0 Å². The van der Waals surface area contributed by atoms with E-state index in [-0.39, 0.29) is 17.8 Å². The fraction of sp³-hybridized carbons (Fsp3) is 0.385. The normalized spacial score (nSPS) is 12.9. The maximum atomic E-state index is 12.5. The number of amides is 1. The van der Waals surface area contributed by atoms with Crippen LogP contribution in [0.15, 0.2) is 18.5 Å². The highest BCUT2D eigenvalue weighted by Gasteiger charge is 2.33. The van der Waals surface area contributed by atoms with Crippen molar-refractivity contribution in [1.82, 2.24) is 24.9 Å². The average molecular weight is 345 g/mol. The smallest absolute Gasteiger partial charge is 0.435 e. The zero-order valence-electron chi connectivity index (χ0n) is 12.7. The van der Waals surface area contributed by atoms with E-state index in [1.54, 1.807) is 6.92 Å². The minimum Gasteiger partial charge on any atom is -0.478 e. The van der Waals surface area contributed by atoms with Crippen LogP contribution in [0.25, 0.3) is 0 Å². The Morgan fingerprint density at radius 2 is 2.08 bits per heavy atom. The molecule has 0 saturated heterocycles. The molecule has 0 spiro atoms. The van der Waals surface area contributed by atoms with Gasteiger partial charge < -0.3 is 10.4 Å². The van der Waals surface area contributed by atoms with Crippen LogP contribution in [0.5, 0.6) is 0 Å². The first-order valence-corrected chi connectivity index (χ1v) is 6.76. The molecular formula is C13H14F3N5O3. The van der Waals surface area contributed by atoms with Gasteiger partial charge in [-0.3, -0.25) is 14.2 Å². The molecular weight excluding hydrogens is 331 g/mol. The first-order chi connectivity index (χ1) is 11.1. The van der Waals surface area contributed by atoms with E-state index < -0.39 is 29.8 Å². The van der Waals surface area contributed by atoms with E-state index in [2.05, 4.69) is 15.5 Å². The van der Waals surface area contributed by atoms with Gasteiger partial charge in [0.15, 0.2) is 5.69 Å². The minimum atomic E-state index is -4.54. The number of nitrogens with one attached hydrogen (secondary N) is 1. The molecule has 1 atom stereocenters. The molecule has 1 amide bonds. The molecule has 0 bridgehead atoms. The Bertz CT molecular complexity index is 765. The molecule has 2 aromatic rings. The number of rotatable bonds is 5. The molecule has 0 aliphatic heterocycles. The summed E-state index contributed by atoms with van der Waals surface area (Å²) in [5.41, 5.74) is -1.44. The van der Waals surface area contributed by atoms with Crippen molar-refractivity contribution in [3.05, 3.63) is 35.4 Å². The number of halogens is 3. The number of hydrogen-bond donors (Lipinski definition) is 2. The standard InChI is InChI=1S/C13H14F3N5O3/c1-7(6-21-4-3-9(19-21)13(14,15)16)18-11(22)10-8(12(23)24)5-17-20(10)2/h3-5,7H,6H2,1-2H3,(H,18,22)(H,23,24). The van der Waals surface area contributed by atoms with Gasteiger partial charge in [0.2, 0.25) is 0 Å². The van der Waals surface area contributed by atoms with E-state index in [0.29, 0.717) is 0 Å². The topological polar surface area (TPSA) is 102 Å². The molecule has 130 valence electrons. The van der Waals surface area contributed by atoms with E-state index in [4.69, 9.17) is 5.11 Å². The molecule has 2 aromatic heterocycles. The number of carbonyl (C=O) groups excluding carboxylic acids is 1. The van der Waals surface area contributed by atoms with Crippen LogP contribution in [0.2, 0.25) is 0 Å². The molecule has 1 unspecified atom stereocenters. The summed E-state index contributed by atoms with van der Waals surface area (Å²) in [6.07, 6.45) is -2.34. The van der Waals surface area contributed by atoms with Crippen molar-refractivity contribution >= 4 is 11.9 Å². The largest absolute Gasteiger partial charge is 0.478 e. The minimum absolute atomic E-state index is 0.0118. The Labute approximate surface area is 133 Å². The number of nitrogens with zero attached hydrogens (tertiary/aromatic N) is 4. The predicted octanol–water partition coefficient (Wildman–Crippen LogP) is 1.15. The van der Waals surface area contributed by atoms with E-state index >= 15 is 0 Å². The number of carboxylic acid groups (broad SMARTS) is 1. The molecule has 0 saturated carbocycles. The van der Waals surface area contributed by atoms with Gasteiger partial charge in [0.25, 0.3) is 5.91 Å². The Morgan fingerprint density at radius 3 is 2.62 bits per heavy atom. The maximum absolute atomic E-state index is 12.5. The lowest BCUT2D eigenvalue weighted by molar-refractivity contribution is -0.141. The van der Waals surface area contributed by atoms with Gasteiger partial charge in [0.05, 0.1) is 12.7 Å². The molecule has 2 N–H and O–H groups in total. The third-order valence-electron chi connectivity index (χ3n) is 3.15. The summed E-state index contributed by atoms with van der Waals surface area (Å²) in [5.74, 6) is -1.99. The van der Waals surface area contributed by atoms with Crippen molar-refractivity contribution in [2.45, 2.75) is 25.7 Å². The zero-order chi connectivity index (χ0) is 18.1. The van der Waals surface area contributed by atoms with Gasteiger partial charge in [-0.25, -0.2) is 4.79 Å². The number of aromatic nitrogens is 4. The van der Waals surface area contributed by atoms with Gasteiger partial charge in [0, 0.05) is 19.3 Å². The second kappa shape index (κ2) is 6.34. The summed E-state index contributed by atoms with van der Waals surface area (Å²) in [6.45, 7) is 1.55. The van der Waals surface area contributed by atoms with Crippen LogP contribution >= 0.6 is 0 Å². The number of carbonyl (C=O) groups is 2. The van der Waals surface area contributed by atoms with E-state index in [1.807, 2.05) is 0 Å². The average Bonchev–Trinajstić information content (AvgIpc) is 3.04. The Hall–Kier alpha value is -2.85. The summed E-state index contributed by atoms with van der Waals surface area (Å²) in [7, 11) is 1.41. The molecule has 2 rings (SSSR count). The molecule has 2 heterocycles.